The fourth-order valence-corrected chi connectivity index (χ4v) is 5.70. The number of amides is 5. The van der Waals surface area contributed by atoms with E-state index in [-0.39, 0.29) is 55.6 Å². The third-order valence-electron chi connectivity index (χ3n) is 8.46. The minimum atomic E-state index is -1.45. The summed E-state index contributed by atoms with van der Waals surface area (Å²) in [5.74, 6) is -5.00. The highest BCUT2D eigenvalue weighted by molar-refractivity contribution is 5.96. The Morgan fingerprint density at radius 1 is 0.537 bits per heavy atom. The molecule has 298 valence electrons. The zero-order valence-corrected chi connectivity index (χ0v) is 32.0. The average molecular weight is 755 g/mol. The topological polar surface area (TPSA) is 249 Å². The summed E-state index contributed by atoms with van der Waals surface area (Å²) in [6, 6.07) is 7.74. The number of nitrogens with two attached hydrogens (primary N) is 1. The van der Waals surface area contributed by atoms with E-state index >= 15 is 0 Å². The molecular weight excluding hydrogens is 696 g/mol. The van der Waals surface area contributed by atoms with E-state index in [1.54, 1.807) is 42.5 Å². The average Bonchev–Trinajstić information content (AvgIpc) is 3.09. The second kappa shape index (κ2) is 22.3. The molecule has 15 heteroatoms. The molecule has 2 aromatic carbocycles. The minimum Gasteiger partial charge on any atom is -0.508 e. The fraction of sp³-hybridized carbons (Fsp3) is 0.538. The molecule has 0 heterocycles. The van der Waals surface area contributed by atoms with Crippen LogP contribution in [0, 0.1) is 17.8 Å². The standard InChI is InChI=1S/C39H58N6O9/c1-22(2)16-29(42-38(52)33(21-46)45-34(48)28(40)19-26-12-14-27(47)15-13-26)35(49)43-31(20-25-10-8-7-9-11-25)37(51)41-30(17-23(3)4)36(50)44-32(39(53)54)18-24(5)6/h7-15,22-24,28-33,46-47H,16-21,40H2,1-6H3,(H,41,51)(H,42,52)(H,43,49)(H,44,50)(H,45,48)(H,53,54)/t28-,29-,30-,31-,32-,33-/m0/s1. The number of carboxylic acid groups (broad SMARTS) is 1. The van der Waals surface area contributed by atoms with E-state index in [4.69, 9.17) is 5.73 Å². The molecule has 6 atom stereocenters. The number of aromatic hydroxyl groups is 1. The number of carbonyl (C=O) groups is 6. The highest BCUT2D eigenvalue weighted by Crippen LogP contribution is 2.13. The molecule has 2 rings (SSSR count). The maximum atomic E-state index is 13.9. The molecule has 0 aliphatic heterocycles. The lowest BCUT2D eigenvalue weighted by atomic mass is 9.99. The highest BCUT2D eigenvalue weighted by Gasteiger charge is 2.33. The van der Waals surface area contributed by atoms with Crippen molar-refractivity contribution in [2.75, 3.05) is 6.61 Å². The Bertz CT molecular complexity index is 1530. The van der Waals surface area contributed by atoms with E-state index < -0.39 is 78.4 Å². The maximum Gasteiger partial charge on any atom is 0.326 e. The zero-order valence-electron chi connectivity index (χ0n) is 32.0. The second-order valence-corrected chi connectivity index (χ2v) is 14.9. The van der Waals surface area contributed by atoms with Crippen LogP contribution in [0.25, 0.3) is 0 Å². The zero-order chi connectivity index (χ0) is 40.5. The Morgan fingerprint density at radius 3 is 1.39 bits per heavy atom. The molecule has 0 unspecified atom stereocenters. The summed E-state index contributed by atoms with van der Waals surface area (Å²) in [7, 11) is 0. The lowest BCUT2D eigenvalue weighted by Gasteiger charge is -2.28. The van der Waals surface area contributed by atoms with Crippen LogP contribution in [-0.4, -0.2) is 93.7 Å². The van der Waals surface area contributed by atoms with Crippen molar-refractivity contribution in [2.24, 2.45) is 23.5 Å². The van der Waals surface area contributed by atoms with Gasteiger partial charge in [-0.1, -0.05) is 84.0 Å². The normalized spacial score (nSPS) is 14.6. The van der Waals surface area contributed by atoms with Crippen molar-refractivity contribution in [3.63, 3.8) is 0 Å². The summed E-state index contributed by atoms with van der Waals surface area (Å²) in [5, 5.41) is 42.2. The van der Waals surface area contributed by atoms with Gasteiger partial charge in [-0.2, -0.15) is 0 Å². The molecule has 15 nitrogen and oxygen atoms in total. The number of aliphatic carboxylic acids is 1. The molecule has 10 N–H and O–H groups in total. The molecule has 0 aliphatic rings. The Morgan fingerprint density at radius 2 is 0.926 bits per heavy atom. The molecule has 0 radical (unpaired) electrons. The SMILES string of the molecule is CC(C)C[C@H](NC(=O)[C@H](CC(C)C)NC(=O)[C@H](Cc1ccccc1)NC(=O)[C@H](CC(C)C)NC(=O)[C@H](CO)NC(=O)[C@@H](N)Cc1ccc(O)cc1)C(=O)O. The number of phenolic OH excluding ortho intramolecular Hbond substituents is 1. The Hall–Kier alpha value is -5.02. The first kappa shape index (κ1) is 45.1. The number of aliphatic hydroxyl groups excluding tert-OH is 1. The van der Waals surface area contributed by atoms with Crippen LogP contribution in [0.2, 0.25) is 0 Å². The van der Waals surface area contributed by atoms with Crippen LogP contribution < -0.4 is 32.3 Å². The van der Waals surface area contributed by atoms with Crippen LogP contribution in [0.5, 0.6) is 5.75 Å². The van der Waals surface area contributed by atoms with E-state index in [1.807, 2.05) is 41.5 Å². The number of nitrogens with one attached hydrogen (secondary N) is 5. The Labute approximate surface area is 317 Å². The molecule has 54 heavy (non-hydrogen) atoms. The predicted molar refractivity (Wildman–Crippen MR) is 203 cm³/mol. The quantitative estimate of drug-likeness (QED) is 0.0830. The van der Waals surface area contributed by atoms with Crippen LogP contribution in [0.3, 0.4) is 0 Å². The maximum absolute atomic E-state index is 13.9. The van der Waals surface area contributed by atoms with Gasteiger partial charge in [-0.15, -0.1) is 0 Å². The molecule has 0 saturated carbocycles. The fourth-order valence-electron chi connectivity index (χ4n) is 5.70. The second-order valence-electron chi connectivity index (χ2n) is 14.9. The number of phenols is 1. The molecule has 2 aromatic rings. The first-order valence-electron chi connectivity index (χ1n) is 18.3. The van der Waals surface area contributed by atoms with Crippen LogP contribution in [-0.2, 0) is 41.6 Å². The van der Waals surface area contributed by atoms with Gasteiger partial charge in [0.15, 0.2) is 0 Å². The van der Waals surface area contributed by atoms with Gasteiger partial charge in [-0.05, 0) is 66.7 Å². The third-order valence-corrected chi connectivity index (χ3v) is 8.46. The number of hydrogen-bond acceptors (Lipinski definition) is 9. The van der Waals surface area contributed by atoms with Crippen molar-refractivity contribution in [1.82, 2.24) is 26.6 Å². The van der Waals surface area contributed by atoms with Crippen molar-refractivity contribution < 1.29 is 44.1 Å². The van der Waals surface area contributed by atoms with Crippen LogP contribution in [0.4, 0.5) is 0 Å². The van der Waals surface area contributed by atoms with Gasteiger partial charge in [-0.3, -0.25) is 24.0 Å². The molecule has 0 spiro atoms. The van der Waals surface area contributed by atoms with Crippen molar-refractivity contribution in [3.8, 4) is 5.75 Å². The molecule has 0 fully saturated rings. The summed E-state index contributed by atoms with van der Waals surface area (Å²) >= 11 is 0. The molecule has 0 aliphatic carbocycles. The number of benzene rings is 2. The number of aliphatic hydroxyl groups is 1. The van der Waals surface area contributed by atoms with Crippen molar-refractivity contribution >= 4 is 35.5 Å². The monoisotopic (exact) mass is 754 g/mol. The molecule has 5 amide bonds. The van der Waals surface area contributed by atoms with E-state index in [0.29, 0.717) is 11.1 Å². The largest absolute Gasteiger partial charge is 0.508 e. The van der Waals surface area contributed by atoms with Crippen LogP contribution in [0.1, 0.15) is 71.9 Å². The van der Waals surface area contributed by atoms with Gasteiger partial charge in [-0.25, -0.2) is 4.79 Å². The van der Waals surface area contributed by atoms with E-state index in [9.17, 15) is 44.1 Å². The lowest BCUT2D eigenvalue weighted by Crippen LogP contribution is -2.60. The van der Waals surface area contributed by atoms with Gasteiger partial charge in [0, 0.05) is 6.42 Å². The van der Waals surface area contributed by atoms with Crippen LogP contribution in [0.15, 0.2) is 54.6 Å². The molecule has 0 bridgehead atoms. The van der Waals surface area contributed by atoms with Gasteiger partial charge in [0.1, 0.15) is 36.0 Å². The Kier molecular flexibility index (Phi) is 18.6. The van der Waals surface area contributed by atoms with Gasteiger partial charge in [0.05, 0.1) is 12.6 Å². The van der Waals surface area contributed by atoms with E-state index in [1.165, 1.54) is 12.1 Å². The third kappa shape index (κ3) is 15.9. The first-order valence-corrected chi connectivity index (χ1v) is 18.3. The van der Waals surface area contributed by atoms with Crippen molar-refractivity contribution in [2.45, 2.75) is 110 Å². The summed E-state index contributed by atoms with van der Waals surface area (Å²) < 4.78 is 0. The number of carboxylic acids is 1. The van der Waals surface area contributed by atoms with Gasteiger partial charge in [0.25, 0.3) is 0 Å². The predicted octanol–water partition coefficient (Wildman–Crippen LogP) is 1.14. The Balaban J connectivity index is 2.28. The summed E-state index contributed by atoms with van der Waals surface area (Å²) in [4.78, 5) is 79.3. The minimum absolute atomic E-state index is 0.0210. The van der Waals surface area contributed by atoms with E-state index in [2.05, 4.69) is 26.6 Å². The summed E-state index contributed by atoms with van der Waals surface area (Å²) in [6.45, 7) is 10.2. The van der Waals surface area contributed by atoms with Gasteiger partial charge >= 0.3 is 5.97 Å². The number of hydrogen-bond donors (Lipinski definition) is 9. The smallest absolute Gasteiger partial charge is 0.326 e. The van der Waals surface area contributed by atoms with Gasteiger partial charge < -0.3 is 47.6 Å². The lowest BCUT2D eigenvalue weighted by molar-refractivity contribution is -0.143. The van der Waals surface area contributed by atoms with Crippen LogP contribution >= 0.6 is 0 Å². The van der Waals surface area contributed by atoms with Crippen molar-refractivity contribution in [1.29, 1.82) is 0 Å². The van der Waals surface area contributed by atoms with Gasteiger partial charge in [0.2, 0.25) is 29.5 Å². The van der Waals surface area contributed by atoms with Crippen molar-refractivity contribution in [3.05, 3.63) is 65.7 Å². The number of rotatable bonds is 22. The highest BCUT2D eigenvalue weighted by atomic mass is 16.4. The molecule has 0 aromatic heterocycles. The summed E-state index contributed by atoms with van der Waals surface area (Å²) in [5.41, 5.74) is 7.40. The first-order chi connectivity index (χ1) is 25.4. The molecule has 0 saturated heterocycles. The van der Waals surface area contributed by atoms with E-state index in [0.717, 1.165) is 0 Å². The summed E-state index contributed by atoms with van der Waals surface area (Å²) in [6.07, 6.45) is 0.626. The molecular formula is C39H58N6O9. The number of carbonyl (C=O) groups excluding carboxylic acids is 5.